The van der Waals surface area contributed by atoms with Gasteiger partial charge in [0.1, 0.15) is 17.8 Å². The van der Waals surface area contributed by atoms with E-state index in [-0.39, 0.29) is 24.2 Å². The van der Waals surface area contributed by atoms with E-state index in [1.807, 2.05) is 0 Å². The van der Waals surface area contributed by atoms with Crippen LogP contribution >= 0.6 is 0 Å². The Bertz CT molecular complexity index is 778. The molecule has 0 unspecified atom stereocenters. The largest absolute Gasteiger partial charge is 0.435 e. The molecular formula is C20H25F2N3O4. The number of ether oxygens (including phenoxy) is 1. The molecule has 1 aliphatic heterocycles. The van der Waals surface area contributed by atoms with E-state index in [9.17, 15) is 23.2 Å². The third-order valence-corrected chi connectivity index (χ3v) is 5.61. The lowest BCUT2D eigenvalue weighted by molar-refractivity contribution is -0.135. The second-order valence-electron chi connectivity index (χ2n) is 7.87. The quantitative estimate of drug-likeness (QED) is 0.708. The Hall–Kier alpha value is -2.71. The SMILES string of the molecule is CC1CCC(NC(=O)CN2C(=O)N[C@](C)(c3ccc(OC(F)F)cc3)C2=O)CC1. The van der Waals surface area contributed by atoms with Crippen molar-refractivity contribution in [3.63, 3.8) is 0 Å². The number of carbonyl (C=O) groups excluding carboxylic acids is 3. The molecule has 7 nitrogen and oxygen atoms in total. The molecule has 1 heterocycles. The predicted molar refractivity (Wildman–Crippen MR) is 100 cm³/mol. The highest BCUT2D eigenvalue weighted by molar-refractivity contribution is 6.09. The van der Waals surface area contributed by atoms with E-state index in [1.165, 1.54) is 31.2 Å². The van der Waals surface area contributed by atoms with Gasteiger partial charge in [0.05, 0.1) is 0 Å². The van der Waals surface area contributed by atoms with Crippen LogP contribution in [0.5, 0.6) is 5.75 Å². The average molecular weight is 409 g/mol. The van der Waals surface area contributed by atoms with Crippen molar-refractivity contribution in [3.05, 3.63) is 29.8 Å². The van der Waals surface area contributed by atoms with E-state index in [1.54, 1.807) is 0 Å². The maximum absolute atomic E-state index is 12.9. The van der Waals surface area contributed by atoms with Gasteiger partial charge in [0, 0.05) is 6.04 Å². The number of alkyl halides is 2. The topological polar surface area (TPSA) is 87.7 Å². The molecular weight excluding hydrogens is 384 g/mol. The highest BCUT2D eigenvalue weighted by atomic mass is 19.3. The van der Waals surface area contributed by atoms with E-state index in [0.717, 1.165) is 30.6 Å². The van der Waals surface area contributed by atoms with Gasteiger partial charge in [-0.2, -0.15) is 8.78 Å². The Labute approximate surface area is 167 Å². The van der Waals surface area contributed by atoms with Crippen LogP contribution in [0.2, 0.25) is 0 Å². The standard InChI is InChI=1S/C20H25F2N3O4/c1-12-3-7-14(8-4-12)23-16(26)11-25-17(27)20(2,24-19(25)28)13-5-9-15(10-6-13)29-18(21)22/h5-6,9-10,12,14,18H,3-4,7-8,11H2,1-2H3,(H,23,26)(H,24,28)/t12?,14?,20-/m1/s1. The van der Waals surface area contributed by atoms with Gasteiger partial charge in [0.25, 0.3) is 5.91 Å². The second-order valence-corrected chi connectivity index (χ2v) is 7.87. The second kappa shape index (κ2) is 8.34. The lowest BCUT2D eigenvalue weighted by atomic mass is 9.87. The number of rotatable bonds is 6. The molecule has 1 aromatic rings. The van der Waals surface area contributed by atoms with Crippen molar-refractivity contribution in [1.29, 1.82) is 0 Å². The zero-order valence-corrected chi connectivity index (χ0v) is 16.4. The third-order valence-electron chi connectivity index (χ3n) is 5.61. The first kappa shape index (κ1) is 21.0. The molecule has 0 spiro atoms. The summed E-state index contributed by atoms with van der Waals surface area (Å²) in [4.78, 5) is 38.5. The smallest absolute Gasteiger partial charge is 0.387 e. The number of halogens is 2. The summed E-state index contributed by atoms with van der Waals surface area (Å²) in [5.41, 5.74) is -0.984. The van der Waals surface area contributed by atoms with E-state index in [0.29, 0.717) is 11.5 Å². The van der Waals surface area contributed by atoms with Crippen LogP contribution in [0, 0.1) is 5.92 Å². The van der Waals surface area contributed by atoms with Crippen LogP contribution in [0.15, 0.2) is 24.3 Å². The predicted octanol–water partition coefficient (Wildman–Crippen LogP) is 2.75. The van der Waals surface area contributed by atoms with Crippen LogP contribution in [0.3, 0.4) is 0 Å². The average Bonchev–Trinajstić information content (AvgIpc) is 2.88. The number of amides is 4. The minimum atomic E-state index is -2.95. The molecule has 1 saturated heterocycles. The van der Waals surface area contributed by atoms with Crippen LogP contribution in [0.25, 0.3) is 0 Å². The van der Waals surface area contributed by atoms with E-state index in [4.69, 9.17) is 0 Å². The summed E-state index contributed by atoms with van der Waals surface area (Å²) in [7, 11) is 0. The molecule has 0 radical (unpaired) electrons. The van der Waals surface area contributed by atoms with Crippen molar-refractivity contribution in [3.8, 4) is 5.75 Å². The van der Waals surface area contributed by atoms with Gasteiger partial charge in [-0.1, -0.05) is 19.1 Å². The molecule has 9 heteroatoms. The van der Waals surface area contributed by atoms with Gasteiger partial charge in [-0.05, 0) is 56.2 Å². The minimum absolute atomic E-state index is 0.0536. The Morgan fingerprint density at radius 2 is 1.86 bits per heavy atom. The molecule has 0 bridgehead atoms. The summed E-state index contributed by atoms with van der Waals surface area (Å²) >= 11 is 0. The number of hydrogen-bond donors (Lipinski definition) is 2. The molecule has 2 aliphatic rings. The zero-order chi connectivity index (χ0) is 21.2. The molecule has 1 saturated carbocycles. The Balaban J connectivity index is 1.64. The highest BCUT2D eigenvalue weighted by Crippen LogP contribution is 2.30. The molecule has 4 amide bonds. The molecule has 1 atom stereocenters. The summed E-state index contributed by atoms with van der Waals surface area (Å²) in [6.45, 7) is 0.374. The zero-order valence-electron chi connectivity index (χ0n) is 16.4. The maximum Gasteiger partial charge on any atom is 0.387 e. The van der Waals surface area contributed by atoms with Crippen molar-refractivity contribution >= 4 is 17.8 Å². The summed E-state index contributed by atoms with van der Waals surface area (Å²) in [5, 5.41) is 5.49. The van der Waals surface area contributed by atoms with Crippen molar-refractivity contribution in [2.75, 3.05) is 6.54 Å². The molecule has 3 rings (SSSR count). The number of nitrogens with zero attached hydrogens (tertiary/aromatic N) is 1. The van der Waals surface area contributed by atoms with Crippen LogP contribution in [-0.4, -0.2) is 41.9 Å². The lowest BCUT2D eigenvalue weighted by Gasteiger charge is -2.27. The highest BCUT2D eigenvalue weighted by Gasteiger charge is 2.49. The first-order valence-electron chi connectivity index (χ1n) is 9.68. The Morgan fingerprint density at radius 3 is 2.45 bits per heavy atom. The van der Waals surface area contributed by atoms with Gasteiger partial charge in [-0.15, -0.1) is 0 Å². The minimum Gasteiger partial charge on any atom is -0.435 e. The first-order chi connectivity index (χ1) is 13.7. The van der Waals surface area contributed by atoms with E-state index < -0.39 is 24.1 Å². The molecule has 29 heavy (non-hydrogen) atoms. The van der Waals surface area contributed by atoms with Crippen LogP contribution in [0.4, 0.5) is 13.6 Å². The molecule has 2 N–H and O–H groups in total. The maximum atomic E-state index is 12.9. The summed E-state index contributed by atoms with van der Waals surface area (Å²) in [5.74, 6) is -0.357. The molecule has 0 aromatic heterocycles. The van der Waals surface area contributed by atoms with E-state index >= 15 is 0 Å². The fraction of sp³-hybridized carbons (Fsp3) is 0.550. The van der Waals surface area contributed by atoms with Crippen molar-refractivity contribution in [1.82, 2.24) is 15.5 Å². The molecule has 1 aliphatic carbocycles. The molecule has 158 valence electrons. The van der Waals surface area contributed by atoms with E-state index in [2.05, 4.69) is 22.3 Å². The number of benzene rings is 1. The van der Waals surface area contributed by atoms with Gasteiger partial charge in [-0.3, -0.25) is 14.5 Å². The Kier molecular flexibility index (Phi) is 6.04. The number of nitrogens with one attached hydrogen (secondary N) is 2. The number of hydrogen-bond acceptors (Lipinski definition) is 4. The number of urea groups is 1. The summed E-state index contributed by atoms with van der Waals surface area (Å²) in [6.07, 6.45) is 3.85. The van der Waals surface area contributed by atoms with Gasteiger partial charge in [0.15, 0.2) is 0 Å². The fourth-order valence-corrected chi connectivity index (χ4v) is 3.83. The third kappa shape index (κ3) is 4.65. The lowest BCUT2D eigenvalue weighted by Crippen LogP contribution is -2.46. The first-order valence-corrected chi connectivity index (χ1v) is 9.68. The van der Waals surface area contributed by atoms with Crippen molar-refractivity contribution in [2.24, 2.45) is 5.92 Å². The Morgan fingerprint density at radius 1 is 1.24 bits per heavy atom. The van der Waals surface area contributed by atoms with Gasteiger partial charge in [-0.25, -0.2) is 4.79 Å². The van der Waals surface area contributed by atoms with Gasteiger partial charge in [0.2, 0.25) is 5.91 Å². The normalized spacial score (nSPS) is 27.1. The number of carbonyl (C=O) groups is 3. The summed E-state index contributed by atoms with van der Waals surface area (Å²) in [6, 6.07) is 4.86. The van der Waals surface area contributed by atoms with Gasteiger partial charge >= 0.3 is 12.6 Å². The number of imide groups is 1. The van der Waals surface area contributed by atoms with Crippen LogP contribution in [-0.2, 0) is 15.1 Å². The van der Waals surface area contributed by atoms with Crippen LogP contribution < -0.4 is 15.4 Å². The molecule has 1 aromatic carbocycles. The summed E-state index contributed by atoms with van der Waals surface area (Å²) < 4.78 is 28.9. The monoisotopic (exact) mass is 409 g/mol. The van der Waals surface area contributed by atoms with Gasteiger partial charge < -0.3 is 15.4 Å². The fourth-order valence-electron chi connectivity index (χ4n) is 3.83. The molecule has 2 fully saturated rings. The van der Waals surface area contributed by atoms with Crippen molar-refractivity contribution < 1.29 is 27.9 Å². The van der Waals surface area contributed by atoms with Crippen LogP contribution in [0.1, 0.15) is 45.1 Å². The van der Waals surface area contributed by atoms with Crippen molar-refractivity contribution in [2.45, 2.75) is 57.7 Å².